The third-order valence-corrected chi connectivity index (χ3v) is 7.40. The Kier molecular flexibility index (Phi) is 6.34. The van der Waals surface area contributed by atoms with Gasteiger partial charge in [0.1, 0.15) is 17.4 Å². The van der Waals surface area contributed by atoms with Crippen LogP contribution in [0, 0.1) is 6.92 Å². The van der Waals surface area contributed by atoms with Crippen molar-refractivity contribution in [2.45, 2.75) is 44.8 Å². The molecule has 1 aliphatic rings. The Morgan fingerprint density at radius 2 is 1.38 bits per heavy atom. The highest BCUT2D eigenvalue weighted by molar-refractivity contribution is 5.52. The fourth-order valence-corrected chi connectivity index (χ4v) is 5.65. The molecule has 1 aromatic heterocycles. The van der Waals surface area contributed by atoms with Gasteiger partial charge in [-0.1, -0.05) is 103 Å². The Hall–Kier alpha value is -4.19. The predicted octanol–water partition coefficient (Wildman–Crippen LogP) is 6.76. The van der Waals surface area contributed by atoms with Crippen LogP contribution in [-0.4, -0.2) is 20.4 Å². The molecule has 1 N–H and O–H groups in total. The largest absolute Gasteiger partial charge is 0.462 e. The second-order valence-corrected chi connectivity index (χ2v) is 10.5. The minimum Gasteiger partial charge on any atom is -0.462 e. The first-order valence-corrected chi connectivity index (χ1v) is 13.2. The van der Waals surface area contributed by atoms with Gasteiger partial charge in [-0.3, -0.25) is 0 Å². The van der Waals surface area contributed by atoms with E-state index in [1.165, 1.54) is 0 Å². The van der Waals surface area contributed by atoms with E-state index in [9.17, 15) is 5.11 Å². The number of imidazole rings is 1. The normalized spacial score (nSPS) is 15.3. The summed E-state index contributed by atoms with van der Waals surface area (Å²) in [7, 11) is 0. The van der Waals surface area contributed by atoms with Gasteiger partial charge in [0.2, 0.25) is 5.79 Å². The number of aliphatic hydroxyl groups is 1. The lowest BCUT2D eigenvalue weighted by atomic mass is 9.77. The van der Waals surface area contributed by atoms with Gasteiger partial charge in [0.05, 0.1) is 18.6 Å². The fourth-order valence-electron chi connectivity index (χ4n) is 5.65. The summed E-state index contributed by atoms with van der Waals surface area (Å²) in [6.07, 6.45) is 2.80. The van der Waals surface area contributed by atoms with Crippen molar-refractivity contribution in [2.24, 2.45) is 0 Å². The maximum atomic E-state index is 11.7. The average molecular weight is 517 g/mol. The zero-order valence-corrected chi connectivity index (χ0v) is 22.4. The second-order valence-electron chi connectivity index (χ2n) is 10.5. The molecule has 0 fully saturated rings. The standard InChI is InChI=1S/C34H32N2O3/c1-24-19-25-22-38-33(2,3)39-32(25)29(20-24)31(37)30-21-36(23-35-30)34(26-13-7-4-8-14-26,27-15-9-5-10-16-27)28-17-11-6-12-18-28/h4-21,23,31,37H,22H2,1-3H3. The van der Waals surface area contributed by atoms with E-state index in [1.54, 1.807) is 0 Å². The van der Waals surface area contributed by atoms with Crippen molar-refractivity contribution in [3.05, 3.63) is 155 Å². The molecule has 196 valence electrons. The number of aromatic nitrogens is 2. The summed E-state index contributed by atoms with van der Waals surface area (Å²) in [5.74, 6) is -0.113. The molecule has 4 aromatic carbocycles. The first-order chi connectivity index (χ1) is 18.9. The van der Waals surface area contributed by atoms with Gasteiger partial charge in [0.25, 0.3) is 0 Å². The zero-order valence-electron chi connectivity index (χ0n) is 22.4. The van der Waals surface area contributed by atoms with Crippen LogP contribution in [0.25, 0.3) is 0 Å². The van der Waals surface area contributed by atoms with Crippen LogP contribution in [0.1, 0.15) is 59.0 Å². The summed E-state index contributed by atoms with van der Waals surface area (Å²) in [5.41, 5.74) is 5.77. The average Bonchev–Trinajstić information content (AvgIpc) is 3.45. The number of hydrogen-bond acceptors (Lipinski definition) is 4. The van der Waals surface area contributed by atoms with Crippen molar-refractivity contribution in [3.63, 3.8) is 0 Å². The Morgan fingerprint density at radius 1 is 0.846 bits per heavy atom. The first-order valence-electron chi connectivity index (χ1n) is 13.2. The summed E-state index contributed by atoms with van der Waals surface area (Å²) in [5, 5.41) is 11.7. The number of benzene rings is 4. The van der Waals surface area contributed by atoms with Crippen LogP contribution in [0.2, 0.25) is 0 Å². The molecule has 0 bridgehead atoms. The van der Waals surface area contributed by atoms with E-state index in [4.69, 9.17) is 14.5 Å². The number of hydrogen-bond donors (Lipinski definition) is 1. The van der Waals surface area contributed by atoms with Gasteiger partial charge < -0.3 is 19.1 Å². The third kappa shape index (κ3) is 4.44. The molecule has 1 aliphatic heterocycles. The maximum absolute atomic E-state index is 11.7. The number of nitrogens with zero attached hydrogens (tertiary/aromatic N) is 2. The van der Waals surface area contributed by atoms with E-state index in [1.807, 2.05) is 63.6 Å². The van der Waals surface area contributed by atoms with E-state index in [0.717, 1.165) is 27.8 Å². The Bertz CT molecular complexity index is 1480. The van der Waals surface area contributed by atoms with Gasteiger partial charge >= 0.3 is 0 Å². The molecule has 6 rings (SSSR count). The molecule has 1 atom stereocenters. The number of aryl methyl sites for hydroxylation is 1. The molecule has 0 spiro atoms. The molecular formula is C34H32N2O3. The molecule has 0 amide bonds. The quantitative estimate of drug-likeness (QED) is 0.253. The number of rotatable bonds is 6. The molecule has 0 saturated carbocycles. The van der Waals surface area contributed by atoms with Gasteiger partial charge in [-0.05, 0) is 29.7 Å². The first kappa shape index (κ1) is 25.1. The van der Waals surface area contributed by atoms with E-state index in [-0.39, 0.29) is 0 Å². The van der Waals surface area contributed by atoms with E-state index in [0.29, 0.717) is 23.6 Å². The van der Waals surface area contributed by atoms with Crippen LogP contribution in [0.15, 0.2) is 116 Å². The van der Waals surface area contributed by atoms with Gasteiger partial charge in [-0.25, -0.2) is 4.98 Å². The van der Waals surface area contributed by atoms with Gasteiger partial charge in [-0.2, -0.15) is 0 Å². The Morgan fingerprint density at radius 3 is 1.92 bits per heavy atom. The van der Waals surface area contributed by atoms with E-state index >= 15 is 0 Å². The van der Waals surface area contributed by atoms with Crippen LogP contribution in [0.5, 0.6) is 5.75 Å². The fraction of sp³-hybridized carbons (Fsp3) is 0.206. The smallest absolute Gasteiger partial charge is 0.205 e. The molecule has 5 heteroatoms. The van der Waals surface area contributed by atoms with Crippen LogP contribution in [0.4, 0.5) is 0 Å². The van der Waals surface area contributed by atoms with Gasteiger partial charge in [0.15, 0.2) is 0 Å². The van der Waals surface area contributed by atoms with Crippen molar-refractivity contribution >= 4 is 0 Å². The predicted molar refractivity (Wildman–Crippen MR) is 152 cm³/mol. The number of ether oxygens (including phenoxy) is 2. The van der Waals surface area contributed by atoms with E-state index in [2.05, 4.69) is 77.4 Å². The van der Waals surface area contributed by atoms with Crippen LogP contribution in [-0.2, 0) is 16.9 Å². The van der Waals surface area contributed by atoms with Gasteiger partial charge in [0, 0.05) is 31.2 Å². The molecule has 39 heavy (non-hydrogen) atoms. The maximum Gasteiger partial charge on any atom is 0.205 e. The molecule has 0 aliphatic carbocycles. The molecule has 0 saturated heterocycles. The number of fused-ring (bicyclic) bond motifs is 1. The van der Waals surface area contributed by atoms with Crippen molar-refractivity contribution in [1.29, 1.82) is 0 Å². The summed E-state index contributed by atoms with van der Waals surface area (Å²) >= 11 is 0. The van der Waals surface area contributed by atoms with Gasteiger partial charge in [-0.15, -0.1) is 0 Å². The number of aliphatic hydroxyl groups excluding tert-OH is 1. The molecule has 1 unspecified atom stereocenters. The summed E-state index contributed by atoms with van der Waals surface area (Å²) in [4.78, 5) is 4.78. The highest BCUT2D eigenvalue weighted by atomic mass is 16.7. The van der Waals surface area contributed by atoms with Crippen molar-refractivity contribution < 1.29 is 14.6 Å². The minimum absolute atomic E-state index is 0.428. The van der Waals surface area contributed by atoms with Crippen LogP contribution in [0.3, 0.4) is 0 Å². The molecule has 5 aromatic rings. The van der Waals surface area contributed by atoms with Crippen LogP contribution < -0.4 is 4.74 Å². The monoisotopic (exact) mass is 516 g/mol. The molecular weight excluding hydrogens is 484 g/mol. The van der Waals surface area contributed by atoms with Crippen molar-refractivity contribution in [2.75, 3.05) is 0 Å². The SMILES string of the molecule is Cc1cc2c(c(C(O)c3cn(C(c4ccccc4)(c4ccccc4)c4ccccc4)cn3)c1)OC(C)(C)OC2. The lowest BCUT2D eigenvalue weighted by Crippen LogP contribution is -2.37. The van der Waals surface area contributed by atoms with Crippen molar-refractivity contribution in [1.82, 2.24) is 9.55 Å². The minimum atomic E-state index is -0.978. The Labute approximate surface area is 229 Å². The van der Waals surface area contributed by atoms with E-state index < -0.39 is 17.4 Å². The summed E-state index contributed by atoms with van der Waals surface area (Å²) in [6, 6.07) is 35.3. The molecule has 5 nitrogen and oxygen atoms in total. The highest BCUT2D eigenvalue weighted by Gasteiger charge is 2.39. The lowest BCUT2D eigenvalue weighted by Gasteiger charge is -2.37. The molecule has 0 radical (unpaired) electrons. The van der Waals surface area contributed by atoms with Crippen molar-refractivity contribution in [3.8, 4) is 5.75 Å². The molecule has 2 heterocycles. The summed E-state index contributed by atoms with van der Waals surface area (Å²) < 4.78 is 14.2. The third-order valence-electron chi connectivity index (χ3n) is 7.40. The highest BCUT2D eigenvalue weighted by Crippen LogP contribution is 2.43. The van der Waals surface area contributed by atoms with Crippen LogP contribution >= 0.6 is 0 Å². The zero-order chi connectivity index (χ0) is 27.0. The summed E-state index contributed by atoms with van der Waals surface area (Å²) in [6.45, 7) is 6.21. The Balaban J connectivity index is 1.53. The lowest BCUT2D eigenvalue weighted by molar-refractivity contribution is -0.180. The second kappa shape index (κ2) is 9.84. The topological polar surface area (TPSA) is 56.5 Å².